The Bertz CT molecular complexity index is 760. The average Bonchev–Trinajstić information content (AvgIpc) is 2.70. The quantitative estimate of drug-likeness (QED) is 0.637. The third-order valence-corrected chi connectivity index (χ3v) is 5.12. The van der Waals surface area contributed by atoms with E-state index >= 15 is 0 Å². The van der Waals surface area contributed by atoms with Crippen molar-refractivity contribution in [1.82, 2.24) is 15.5 Å². The molecule has 0 aromatic heterocycles. The first-order chi connectivity index (χ1) is 14.0. The summed E-state index contributed by atoms with van der Waals surface area (Å²) < 4.78 is 38.1. The minimum Gasteiger partial charge on any atom is -0.394 e. The Morgan fingerprint density at radius 3 is 2.17 bits per heavy atom. The first-order valence-electron chi connectivity index (χ1n) is 9.67. The SMILES string of the molecule is CC(=O)N[C@@H](CO)C(=O)N[C@@H](C)C(=O)N1CCC(c2ccc(C(F)(F)F)cc2)CC1. The van der Waals surface area contributed by atoms with Gasteiger partial charge >= 0.3 is 6.18 Å². The molecule has 0 aliphatic carbocycles. The van der Waals surface area contributed by atoms with E-state index in [1.165, 1.54) is 26.0 Å². The monoisotopic (exact) mass is 429 g/mol. The Kier molecular flexibility index (Phi) is 7.83. The van der Waals surface area contributed by atoms with Crippen molar-refractivity contribution in [3.05, 3.63) is 35.4 Å². The fraction of sp³-hybridized carbons (Fsp3) is 0.550. The lowest BCUT2D eigenvalue weighted by molar-refractivity contribution is -0.138. The largest absolute Gasteiger partial charge is 0.416 e. The van der Waals surface area contributed by atoms with E-state index in [1.54, 1.807) is 4.90 Å². The molecule has 1 fully saturated rings. The van der Waals surface area contributed by atoms with Crippen LogP contribution in [0.2, 0.25) is 0 Å². The highest BCUT2D eigenvalue weighted by Crippen LogP contribution is 2.33. The number of amides is 3. The Balaban J connectivity index is 1.88. The number of benzene rings is 1. The fourth-order valence-corrected chi connectivity index (χ4v) is 3.47. The van der Waals surface area contributed by atoms with E-state index in [2.05, 4.69) is 10.6 Å². The van der Waals surface area contributed by atoms with Gasteiger partial charge in [0.2, 0.25) is 17.7 Å². The molecule has 1 aliphatic heterocycles. The number of aliphatic hydroxyl groups is 1. The van der Waals surface area contributed by atoms with Crippen LogP contribution in [-0.4, -0.2) is 59.5 Å². The van der Waals surface area contributed by atoms with Crippen molar-refractivity contribution in [2.75, 3.05) is 19.7 Å². The van der Waals surface area contributed by atoms with E-state index in [-0.39, 0.29) is 11.8 Å². The van der Waals surface area contributed by atoms with Crippen molar-refractivity contribution >= 4 is 17.7 Å². The van der Waals surface area contributed by atoms with Crippen LogP contribution in [0, 0.1) is 0 Å². The van der Waals surface area contributed by atoms with E-state index in [9.17, 15) is 32.7 Å². The first kappa shape index (κ1) is 23.7. The van der Waals surface area contributed by atoms with E-state index in [1.807, 2.05) is 0 Å². The molecule has 1 aromatic carbocycles. The minimum atomic E-state index is -4.37. The predicted molar refractivity (Wildman–Crippen MR) is 102 cm³/mol. The van der Waals surface area contributed by atoms with E-state index in [0.29, 0.717) is 25.9 Å². The van der Waals surface area contributed by atoms with Crippen LogP contribution in [0.3, 0.4) is 0 Å². The Morgan fingerprint density at radius 2 is 1.70 bits per heavy atom. The zero-order valence-electron chi connectivity index (χ0n) is 16.8. The van der Waals surface area contributed by atoms with E-state index < -0.39 is 42.2 Å². The molecule has 0 spiro atoms. The van der Waals surface area contributed by atoms with Gasteiger partial charge < -0.3 is 20.6 Å². The Hall–Kier alpha value is -2.62. The van der Waals surface area contributed by atoms with Crippen molar-refractivity contribution in [3.8, 4) is 0 Å². The lowest BCUT2D eigenvalue weighted by Crippen LogP contribution is -2.55. The number of likely N-dealkylation sites (tertiary alicyclic amines) is 1. The summed E-state index contributed by atoms with van der Waals surface area (Å²) in [7, 11) is 0. The molecular weight excluding hydrogens is 403 g/mol. The lowest BCUT2D eigenvalue weighted by Gasteiger charge is -2.34. The second-order valence-corrected chi connectivity index (χ2v) is 7.39. The van der Waals surface area contributed by atoms with Crippen LogP contribution >= 0.6 is 0 Å². The van der Waals surface area contributed by atoms with Gasteiger partial charge in [-0.25, -0.2) is 0 Å². The second kappa shape index (κ2) is 9.92. The number of rotatable bonds is 6. The summed E-state index contributed by atoms with van der Waals surface area (Å²) in [6.07, 6.45) is -3.17. The number of hydrogen-bond acceptors (Lipinski definition) is 4. The topological polar surface area (TPSA) is 98.7 Å². The molecule has 10 heteroatoms. The molecule has 1 aliphatic rings. The molecule has 0 unspecified atom stereocenters. The van der Waals surface area contributed by atoms with Crippen molar-refractivity contribution in [3.63, 3.8) is 0 Å². The molecule has 0 saturated carbocycles. The molecule has 1 heterocycles. The summed E-state index contributed by atoms with van der Waals surface area (Å²) in [5, 5.41) is 14.0. The number of nitrogens with zero attached hydrogens (tertiary/aromatic N) is 1. The van der Waals surface area contributed by atoms with Gasteiger partial charge in [0.25, 0.3) is 0 Å². The fourth-order valence-electron chi connectivity index (χ4n) is 3.47. The van der Waals surface area contributed by atoms with Crippen LogP contribution in [0.5, 0.6) is 0 Å². The third-order valence-electron chi connectivity index (χ3n) is 5.12. The molecule has 30 heavy (non-hydrogen) atoms. The minimum absolute atomic E-state index is 0.0553. The highest BCUT2D eigenvalue weighted by Gasteiger charge is 2.32. The Labute approximate surface area is 172 Å². The zero-order valence-corrected chi connectivity index (χ0v) is 16.8. The molecule has 0 radical (unpaired) electrons. The van der Waals surface area contributed by atoms with Crippen LogP contribution in [0.15, 0.2) is 24.3 Å². The summed E-state index contributed by atoms with van der Waals surface area (Å²) in [5.74, 6) is -1.38. The molecule has 0 bridgehead atoms. The highest BCUT2D eigenvalue weighted by atomic mass is 19.4. The van der Waals surface area contributed by atoms with Gasteiger partial charge in [-0.05, 0) is 43.4 Å². The van der Waals surface area contributed by atoms with Crippen LogP contribution in [0.25, 0.3) is 0 Å². The maximum absolute atomic E-state index is 12.7. The highest BCUT2D eigenvalue weighted by molar-refractivity contribution is 5.91. The van der Waals surface area contributed by atoms with Gasteiger partial charge in [0.05, 0.1) is 12.2 Å². The number of halogens is 3. The lowest BCUT2D eigenvalue weighted by atomic mass is 9.88. The summed E-state index contributed by atoms with van der Waals surface area (Å²) in [5.41, 5.74) is 0.112. The number of carbonyl (C=O) groups excluding carboxylic acids is 3. The third kappa shape index (κ3) is 6.19. The number of hydrogen-bond donors (Lipinski definition) is 3. The number of alkyl halides is 3. The molecule has 2 atom stereocenters. The van der Waals surface area contributed by atoms with Crippen LogP contribution < -0.4 is 10.6 Å². The molecule has 3 N–H and O–H groups in total. The number of piperidine rings is 1. The molecule has 1 aromatic rings. The zero-order chi connectivity index (χ0) is 22.5. The van der Waals surface area contributed by atoms with Gasteiger partial charge in [-0.1, -0.05) is 12.1 Å². The maximum atomic E-state index is 12.7. The van der Waals surface area contributed by atoms with Gasteiger partial charge in [-0.2, -0.15) is 13.2 Å². The second-order valence-electron chi connectivity index (χ2n) is 7.39. The van der Waals surface area contributed by atoms with Gasteiger partial charge in [-0.3, -0.25) is 14.4 Å². The van der Waals surface area contributed by atoms with Gasteiger partial charge in [0.1, 0.15) is 12.1 Å². The number of nitrogens with one attached hydrogen (secondary N) is 2. The summed E-state index contributed by atoms with van der Waals surface area (Å²) >= 11 is 0. The molecule has 1 saturated heterocycles. The smallest absolute Gasteiger partial charge is 0.394 e. The predicted octanol–water partition coefficient (Wildman–Crippen LogP) is 1.41. The van der Waals surface area contributed by atoms with Crippen molar-refractivity contribution < 1.29 is 32.7 Å². The molecule has 2 rings (SSSR count). The normalized spacial score (nSPS) is 17.2. The molecular formula is C20H26F3N3O4. The van der Waals surface area contributed by atoms with Crippen LogP contribution in [-0.2, 0) is 20.6 Å². The number of carbonyl (C=O) groups is 3. The summed E-state index contributed by atoms with van der Waals surface area (Å²) in [6.45, 7) is 2.97. The van der Waals surface area contributed by atoms with Gasteiger partial charge in [0.15, 0.2) is 0 Å². The summed E-state index contributed by atoms with van der Waals surface area (Å²) in [6, 6.07) is 3.11. The van der Waals surface area contributed by atoms with E-state index in [4.69, 9.17) is 0 Å². The first-order valence-corrected chi connectivity index (χ1v) is 9.67. The summed E-state index contributed by atoms with van der Waals surface area (Å²) in [4.78, 5) is 37.4. The van der Waals surface area contributed by atoms with Crippen molar-refractivity contribution in [2.24, 2.45) is 0 Å². The number of aliphatic hydroxyl groups excluding tert-OH is 1. The van der Waals surface area contributed by atoms with Crippen molar-refractivity contribution in [2.45, 2.75) is 50.9 Å². The Morgan fingerprint density at radius 1 is 1.13 bits per heavy atom. The van der Waals surface area contributed by atoms with Crippen molar-refractivity contribution in [1.29, 1.82) is 0 Å². The van der Waals surface area contributed by atoms with Gasteiger partial charge in [0, 0.05) is 20.0 Å². The molecule has 3 amide bonds. The maximum Gasteiger partial charge on any atom is 0.416 e. The van der Waals surface area contributed by atoms with Crippen LogP contribution in [0.4, 0.5) is 13.2 Å². The average molecular weight is 429 g/mol. The molecule has 166 valence electrons. The van der Waals surface area contributed by atoms with Crippen LogP contribution in [0.1, 0.15) is 43.7 Å². The van der Waals surface area contributed by atoms with Gasteiger partial charge in [-0.15, -0.1) is 0 Å². The van der Waals surface area contributed by atoms with E-state index in [0.717, 1.165) is 17.7 Å². The molecule has 7 nitrogen and oxygen atoms in total. The standard InChI is InChI=1S/C20H26F3N3O4/c1-12(24-18(29)17(11-27)25-13(2)28)19(30)26-9-7-15(8-10-26)14-3-5-16(6-4-14)20(21,22)23/h3-6,12,15,17,27H,7-11H2,1-2H3,(H,24,29)(H,25,28)/t12-,17-/m0/s1.